The predicted octanol–water partition coefficient (Wildman–Crippen LogP) is 3.31. The van der Waals surface area contributed by atoms with E-state index in [-0.39, 0.29) is 0 Å². The summed E-state index contributed by atoms with van der Waals surface area (Å²) in [5.74, 6) is 0.874. The van der Waals surface area contributed by atoms with Crippen LogP contribution in [0, 0.1) is 13.8 Å². The second-order valence-corrected chi connectivity index (χ2v) is 6.56. The maximum Gasteiger partial charge on any atom is 0.122 e. The van der Waals surface area contributed by atoms with Gasteiger partial charge in [0.1, 0.15) is 18.5 Å². The van der Waals surface area contributed by atoms with Crippen LogP contribution in [0.3, 0.4) is 0 Å². The van der Waals surface area contributed by atoms with E-state index in [4.69, 9.17) is 4.74 Å². The number of aliphatic hydroxyl groups excluding tert-OH is 1. The number of benzene rings is 1. The first-order valence-corrected chi connectivity index (χ1v) is 8.11. The van der Waals surface area contributed by atoms with Gasteiger partial charge in [-0.3, -0.25) is 4.90 Å². The molecule has 1 fully saturated rings. The van der Waals surface area contributed by atoms with Gasteiger partial charge in [-0.15, -0.1) is 0 Å². The van der Waals surface area contributed by atoms with Crippen molar-refractivity contribution in [2.24, 2.45) is 0 Å². The molecule has 3 atom stereocenters. The molecule has 0 spiro atoms. The lowest BCUT2D eigenvalue weighted by Crippen LogP contribution is -2.48. The summed E-state index contributed by atoms with van der Waals surface area (Å²) in [4.78, 5) is 2.42. The van der Waals surface area contributed by atoms with Gasteiger partial charge in [-0.2, -0.15) is 0 Å². The van der Waals surface area contributed by atoms with E-state index >= 15 is 0 Å². The van der Waals surface area contributed by atoms with Gasteiger partial charge in [0.2, 0.25) is 0 Å². The van der Waals surface area contributed by atoms with Crippen LogP contribution in [0.25, 0.3) is 0 Å². The summed E-state index contributed by atoms with van der Waals surface area (Å²) in [6.45, 7) is 9.70. The third kappa shape index (κ3) is 4.45. The molecule has 1 N–H and O–H groups in total. The first kappa shape index (κ1) is 16.3. The van der Waals surface area contributed by atoms with Crippen molar-refractivity contribution in [1.29, 1.82) is 0 Å². The van der Waals surface area contributed by atoms with Crippen molar-refractivity contribution in [2.75, 3.05) is 13.2 Å². The highest BCUT2D eigenvalue weighted by Gasteiger charge is 2.26. The number of likely N-dealkylation sites (tertiary alicyclic amines) is 1. The van der Waals surface area contributed by atoms with Gasteiger partial charge in [0, 0.05) is 18.6 Å². The molecule has 0 bridgehead atoms. The molecule has 3 heteroatoms. The Balaban J connectivity index is 1.85. The van der Waals surface area contributed by atoms with Crippen LogP contribution in [0.5, 0.6) is 5.75 Å². The fourth-order valence-corrected chi connectivity index (χ4v) is 3.28. The molecule has 1 aliphatic rings. The van der Waals surface area contributed by atoms with Crippen molar-refractivity contribution < 1.29 is 9.84 Å². The second kappa shape index (κ2) is 7.28. The van der Waals surface area contributed by atoms with Crippen LogP contribution in [0.15, 0.2) is 18.2 Å². The average Bonchev–Trinajstić information content (AvgIpc) is 2.42. The molecule has 1 aromatic carbocycles. The Morgan fingerprint density at radius 1 is 1.24 bits per heavy atom. The van der Waals surface area contributed by atoms with Crippen molar-refractivity contribution in [3.63, 3.8) is 0 Å². The summed E-state index contributed by atoms with van der Waals surface area (Å²) < 4.78 is 5.79. The highest BCUT2D eigenvalue weighted by atomic mass is 16.5. The average molecular weight is 291 g/mol. The normalized spacial score (nSPS) is 24.8. The van der Waals surface area contributed by atoms with Crippen LogP contribution < -0.4 is 4.74 Å². The van der Waals surface area contributed by atoms with Crippen LogP contribution in [0.4, 0.5) is 0 Å². The molecular formula is C18H29NO2. The lowest BCUT2D eigenvalue weighted by atomic mass is 9.97. The van der Waals surface area contributed by atoms with Crippen LogP contribution in [0.1, 0.15) is 44.2 Å². The monoisotopic (exact) mass is 291 g/mol. The minimum Gasteiger partial charge on any atom is -0.491 e. The Morgan fingerprint density at radius 2 is 1.90 bits per heavy atom. The van der Waals surface area contributed by atoms with Crippen molar-refractivity contribution in [3.8, 4) is 5.75 Å². The Bertz CT molecular complexity index is 451. The van der Waals surface area contributed by atoms with E-state index in [0.29, 0.717) is 25.2 Å². The summed E-state index contributed by atoms with van der Waals surface area (Å²) >= 11 is 0. The Kier molecular flexibility index (Phi) is 5.65. The molecule has 0 saturated carbocycles. The molecule has 1 heterocycles. The van der Waals surface area contributed by atoms with Crippen molar-refractivity contribution in [3.05, 3.63) is 29.3 Å². The molecular weight excluding hydrogens is 262 g/mol. The second-order valence-electron chi connectivity index (χ2n) is 6.56. The molecule has 2 rings (SSSR count). The standard InChI is InChI=1S/C18H29NO2/c1-13-8-9-18(14(2)10-13)21-12-17(20)11-19-15(3)6-5-7-16(19)4/h8-10,15-17,20H,5-7,11-12H2,1-4H3. The van der Waals surface area contributed by atoms with Gasteiger partial charge < -0.3 is 9.84 Å². The Morgan fingerprint density at radius 3 is 2.52 bits per heavy atom. The summed E-state index contributed by atoms with van der Waals surface area (Å²) in [5.41, 5.74) is 2.36. The van der Waals surface area contributed by atoms with E-state index in [1.807, 2.05) is 19.1 Å². The number of ether oxygens (including phenoxy) is 1. The van der Waals surface area contributed by atoms with Crippen LogP contribution >= 0.6 is 0 Å². The minimum absolute atomic E-state index is 0.361. The highest BCUT2D eigenvalue weighted by molar-refractivity contribution is 5.35. The summed E-state index contributed by atoms with van der Waals surface area (Å²) in [6, 6.07) is 7.26. The number of rotatable bonds is 5. The van der Waals surface area contributed by atoms with Gasteiger partial charge in [-0.1, -0.05) is 24.1 Å². The molecule has 1 aliphatic heterocycles. The van der Waals surface area contributed by atoms with Gasteiger partial charge in [-0.05, 0) is 52.2 Å². The predicted molar refractivity (Wildman–Crippen MR) is 86.9 cm³/mol. The molecule has 1 saturated heterocycles. The minimum atomic E-state index is -0.436. The summed E-state index contributed by atoms with van der Waals surface area (Å²) in [5, 5.41) is 10.3. The fourth-order valence-electron chi connectivity index (χ4n) is 3.28. The lowest BCUT2D eigenvalue weighted by Gasteiger charge is -2.40. The van der Waals surface area contributed by atoms with Crippen LogP contribution in [-0.2, 0) is 0 Å². The molecule has 118 valence electrons. The number of piperidine rings is 1. The van der Waals surface area contributed by atoms with Crippen LogP contribution in [-0.4, -0.2) is 41.3 Å². The van der Waals surface area contributed by atoms with E-state index in [1.54, 1.807) is 0 Å². The SMILES string of the molecule is Cc1ccc(OCC(O)CN2C(C)CCCC2C)c(C)c1. The number of aryl methyl sites for hydroxylation is 2. The topological polar surface area (TPSA) is 32.7 Å². The van der Waals surface area contributed by atoms with Gasteiger partial charge in [0.25, 0.3) is 0 Å². The van der Waals surface area contributed by atoms with E-state index in [9.17, 15) is 5.11 Å². The van der Waals surface area contributed by atoms with E-state index in [0.717, 1.165) is 11.3 Å². The number of hydrogen-bond donors (Lipinski definition) is 1. The third-order valence-corrected chi connectivity index (χ3v) is 4.56. The zero-order chi connectivity index (χ0) is 15.4. The Labute approximate surface area is 128 Å². The zero-order valence-electron chi connectivity index (χ0n) is 13.8. The van der Waals surface area contributed by atoms with E-state index in [2.05, 4.69) is 31.7 Å². The molecule has 3 nitrogen and oxygen atoms in total. The summed E-state index contributed by atoms with van der Waals surface area (Å²) in [6.07, 6.45) is 3.33. The molecule has 0 amide bonds. The van der Waals surface area contributed by atoms with E-state index in [1.165, 1.54) is 24.8 Å². The molecule has 0 aliphatic carbocycles. The zero-order valence-corrected chi connectivity index (χ0v) is 13.8. The molecule has 21 heavy (non-hydrogen) atoms. The quantitative estimate of drug-likeness (QED) is 0.903. The smallest absolute Gasteiger partial charge is 0.122 e. The number of aliphatic hydroxyl groups is 1. The first-order chi connectivity index (χ1) is 9.97. The molecule has 0 radical (unpaired) electrons. The van der Waals surface area contributed by atoms with Crippen LogP contribution in [0.2, 0.25) is 0 Å². The summed E-state index contributed by atoms with van der Waals surface area (Å²) in [7, 11) is 0. The largest absolute Gasteiger partial charge is 0.491 e. The maximum absolute atomic E-state index is 10.3. The molecule has 1 aromatic rings. The number of nitrogens with zero attached hydrogens (tertiary/aromatic N) is 1. The van der Waals surface area contributed by atoms with Gasteiger partial charge in [-0.25, -0.2) is 0 Å². The van der Waals surface area contributed by atoms with E-state index < -0.39 is 6.10 Å². The lowest BCUT2D eigenvalue weighted by molar-refractivity contribution is 0.0208. The van der Waals surface area contributed by atoms with Crippen molar-refractivity contribution >= 4 is 0 Å². The number of β-amino-alcohol motifs (C(OH)–C–C–N with tert-alkyl or cyclic N) is 1. The fraction of sp³-hybridized carbons (Fsp3) is 0.667. The first-order valence-electron chi connectivity index (χ1n) is 8.11. The third-order valence-electron chi connectivity index (χ3n) is 4.56. The molecule has 0 aromatic heterocycles. The number of hydrogen-bond acceptors (Lipinski definition) is 3. The Hall–Kier alpha value is -1.06. The van der Waals surface area contributed by atoms with Gasteiger partial charge in [0.15, 0.2) is 0 Å². The molecule has 3 unspecified atom stereocenters. The maximum atomic E-state index is 10.3. The van der Waals surface area contributed by atoms with Gasteiger partial charge >= 0.3 is 0 Å². The van der Waals surface area contributed by atoms with Crippen molar-refractivity contribution in [2.45, 2.75) is 65.1 Å². The van der Waals surface area contributed by atoms with Crippen molar-refractivity contribution in [1.82, 2.24) is 4.90 Å². The van der Waals surface area contributed by atoms with Gasteiger partial charge in [0.05, 0.1) is 0 Å². The highest BCUT2D eigenvalue weighted by Crippen LogP contribution is 2.23.